The maximum Gasteiger partial charge on any atom is 0.454 e. The van der Waals surface area contributed by atoms with E-state index in [9.17, 15) is 0 Å². The summed E-state index contributed by atoms with van der Waals surface area (Å²) in [5, 5.41) is 0. The molecule has 0 saturated heterocycles. The molecule has 0 atom stereocenters. The van der Waals surface area contributed by atoms with Gasteiger partial charge in [0.15, 0.2) is 0 Å². The minimum Gasteiger partial charge on any atom is -0.383 e. The Labute approximate surface area is 80.7 Å². The van der Waals surface area contributed by atoms with Crippen LogP contribution in [0.4, 0.5) is 0 Å². The van der Waals surface area contributed by atoms with Crippen molar-refractivity contribution >= 4 is 45.2 Å². The minimum atomic E-state index is 0. The molecule has 42 valence electrons. The van der Waals surface area contributed by atoms with Crippen molar-refractivity contribution in [1.82, 2.24) is 7.77 Å². The Kier molecular flexibility index (Phi) is 9.99. The molecule has 0 heterocycles. The Hall–Kier alpha value is 1.45. The van der Waals surface area contributed by atoms with Gasteiger partial charge in [0.05, 0.1) is 0 Å². The largest absolute Gasteiger partial charge is 0.454 e. The molecule has 2 nitrogen and oxygen atoms in total. The maximum absolute atomic E-state index is 2.21. The first-order chi connectivity index (χ1) is 3.13. The van der Waals surface area contributed by atoms with Gasteiger partial charge in [0.1, 0.15) is 0 Å². The SMILES string of the molecule is C[N](C)[Al][N](C)C.[Na]. The van der Waals surface area contributed by atoms with E-state index < -0.39 is 0 Å². The summed E-state index contributed by atoms with van der Waals surface area (Å²) in [5.74, 6) is 0. The van der Waals surface area contributed by atoms with E-state index in [0.717, 1.165) is 0 Å². The Morgan fingerprint density at radius 3 is 1.12 bits per heavy atom. The second kappa shape index (κ2) is 6.57. The van der Waals surface area contributed by atoms with Gasteiger partial charge in [0, 0.05) is 29.6 Å². The monoisotopic (exact) mass is 138 g/mol. The fourth-order valence-corrected chi connectivity index (χ4v) is 1.39. The summed E-state index contributed by atoms with van der Waals surface area (Å²) in [5.41, 5.74) is 0. The van der Waals surface area contributed by atoms with Gasteiger partial charge in [0.2, 0.25) is 0 Å². The molecule has 0 aliphatic heterocycles. The summed E-state index contributed by atoms with van der Waals surface area (Å²) < 4.78 is 4.42. The number of hydrogen-bond acceptors (Lipinski definition) is 2. The van der Waals surface area contributed by atoms with Crippen molar-refractivity contribution in [3.05, 3.63) is 0 Å². The van der Waals surface area contributed by atoms with Crippen LogP contribution in [0.1, 0.15) is 0 Å². The molecule has 0 rings (SSSR count). The van der Waals surface area contributed by atoms with Crippen LogP contribution in [-0.2, 0) is 0 Å². The summed E-state index contributed by atoms with van der Waals surface area (Å²) >= 11 is 0.380. The van der Waals surface area contributed by atoms with Crippen LogP contribution in [-0.4, -0.2) is 81.2 Å². The first kappa shape index (κ1) is 12.2. The average Bonchev–Trinajstić information content (AvgIpc) is 1.27. The Bertz CT molecular complexity index is 43.3. The van der Waals surface area contributed by atoms with Crippen molar-refractivity contribution in [3.8, 4) is 0 Å². The molecule has 2 radical (unpaired) electrons. The molecule has 0 aromatic rings. The third kappa shape index (κ3) is 10.4. The van der Waals surface area contributed by atoms with Crippen molar-refractivity contribution in [2.45, 2.75) is 0 Å². The van der Waals surface area contributed by atoms with E-state index in [1.807, 2.05) is 0 Å². The first-order valence-corrected chi connectivity index (χ1v) is 3.34. The van der Waals surface area contributed by atoms with Gasteiger partial charge in [-0.15, -0.1) is 0 Å². The van der Waals surface area contributed by atoms with Gasteiger partial charge in [-0.3, -0.25) is 0 Å². The van der Waals surface area contributed by atoms with Crippen molar-refractivity contribution in [2.75, 3.05) is 28.2 Å². The fourth-order valence-electron chi connectivity index (χ4n) is 0.462. The van der Waals surface area contributed by atoms with Crippen molar-refractivity contribution in [1.29, 1.82) is 0 Å². The topological polar surface area (TPSA) is 6.48 Å². The average molecular weight is 138 g/mol. The van der Waals surface area contributed by atoms with Crippen LogP contribution in [0, 0.1) is 0 Å². The fraction of sp³-hybridized carbons (Fsp3) is 1.00. The first-order valence-electron chi connectivity index (χ1n) is 2.31. The van der Waals surface area contributed by atoms with Crippen LogP contribution in [0.25, 0.3) is 0 Å². The molecular weight excluding hydrogens is 126 g/mol. The second-order valence-corrected chi connectivity index (χ2v) is 4.34. The van der Waals surface area contributed by atoms with Crippen LogP contribution < -0.4 is 0 Å². The second-order valence-electron chi connectivity index (χ2n) is 2.04. The zero-order valence-electron chi connectivity index (χ0n) is 6.47. The van der Waals surface area contributed by atoms with Crippen LogP contribution >= 0.6 is 0 Å². The molecule has 0 saturated carbocycles. The van der Waals surface area contributed by atoms with E-state index in [2.05, 4.69) is 36.0 Å². The standard InChI is InChI=1S/2C2H6N.Al.Na/c2*1-3-2;;/h2*1-2H3;;/q2*-1;+2;. The zero-order valence-corrected chi connectivity index (χ0v) is 9.63. The van der Waals surface area contributed by atoms with Gasteiger partial charge in [0.25, 0.3) is 0 Å². The van der Waals surface area contributed by atoms with Crippen molar-refractivity contribution in [3.63, 3.8) is 0 Å². The number of rotatable bonds is 2. The Morgan fingerprint density at radius 2 is 1.12 bits per heavy atom. The summed E-state index contributed by atoms with van der Waals surface area (Å²) in [6.07, 6.45) is 0. The molecule has 0 unspecified atom stereocenters. The third-order valence-electron chi connectivity index (χ3n) is 0.462. The maximum atomic E-state index is 2.21. The normalized spacial score (nSPS) is 9.25. The molecule has 0 aliphatic rings. The quantitative estimate of drug-likeness (QED) is 0.464. The molecule has 8 heavy (non-hydrogen) atoms. The van der Waals surface area contributed by atoms with Crippen molar-refractivity contribution < 1.29 is 0 Å². The van der Waals surface area contributed by atoms with Gasteiger partial charge in [-0.1, -0.05) is 0 Å². The molecule has 0 aromatic heterocycles. The minimum absolute atomic E-state index is 0. The van der Waals surface area contributed by atoms with Gasteiger partial charge >= 0.3 is 15.7 Å². The number of nitrogens with zero attached hydrogens (tertiary/aromatic N) is 2. The van der Waals surface area contributed by atoms with E-state index in [1.54, 1.807) is 0 Å². The van der Waals surface area contributed by atoms with Crippen LogP contribution in [0.5, 0.6) is 0 Å². The summed E-state index contributed by atoms with van der Waals surface area (Å²) in [6, 6.07) is 0. The van der Waals surface area contributed by atoms with E-state index in [-0.39, 0.29) is 29.6 Å². The number of hydrogen-bond donors (Lipinski definition) is 0. The van der Waals surface area contributed by atoms with Gasteiger partial charge < -0.3 is 7.77 Å². The molecule has 0 bridgehead atoms. The molecule has 0 amide bonds. The summed E-state index contributed by atoms with van der Waals surface area (Å²) in [4.78, 5) is 0. The van der Waals surface area contributed by atoms with Crippen molar-refractivity contribution in [2.24, 2.45) is 0 Å². The third-order valence-corrected chi connectivity index (χ3v) is 1.39. The van der Waals surface area contributed by atoms with E-state index in [0.29, 0.717) is 15.7 Å². The van der Waals surface area contributed by atoms with Crippen LogP contribution in [0.3, 0.4) is 0 Å². The Morgan fingerprint density at radius 1 is 0.875 bits per heavy atom. The molecule has 0 aliphatic carbocycles. The smallest absolute Gasteiger partial charge is 0.383 e. The van der Waals surface area contributed by atoms with Gasteiger partial charge in [-0.25, -0.2) is 0 Å². The van der Waals surface area contributed by atoms with E-state index >= 15 is 0 Å². The molecule has 0 aromatic carbocycles. The predicted octanol–water partition coefficient (Wildman–Crippen LogP) is -0.737. The van der Waals surface area contributed by atoms with E-state index in [1.165, 1.54) is 0 Å². The molecule has 0 N–H and O–H groups in total. The Balaban J connectivity index is 0. The summed E-state index contributed by atoms with van der Waals surface area (Å²) in [7, 11) is 8.37. The van der Waals surface area contributed by atoms with Crippen LogP contribution in [0.2, 0.25) is 0 Å². The van der Waals surface area contributed by atoms with Gasteiger partial charge in [-0.2, -0.15) is 0 Å². The molecule has 4 heteroatoms. The van der Waals surface area contributed by atoms with Gasteiger partial charge in [-0.05, 0) is 28.2 Å². The predicted molar refractivity (Wildman–Crippen MR) is 38.9 cm³/mol. The van der Waals surface area contributed by atoms with Crippen LogP contribution in [0.15, 0.2) is 0 Å². The zero-order chi connectivity index (χ0) is 5.86. The molecule has 0 fully saturated rings. The molecular formula is C4H12AlN2Na. The summed E-state index contributed by atoms with van der Waals surface area (Å²) in [6.45, 7) is 0. The molecule has 0 spiro atoms. The van der Waals surface area contributed by atoms with E-state index in [4.69, 9.17) is 0 Å².